The van der Waals surface area contributed by atoms with Crippen LogP contribution in [0.25, 0.3) is 0 Å². The van der Waals surface area contributed by atoms with Crippen molar-refractivity contribution < 1.29 is 13.6 Å². The normalized spacial score (nSPS) is 9.53. The Kier molecular flexibility index (Phi) is 4.84. The highest BCUT2D eigenvalue weighted by molar-refractivity contribution is 9.10. The predicted molar refractivity (Wildman–Crippen MR) is 61.2 cm³/mol. The molecule has 0 saturated heterocycles. The van der Waals surface area contributed by atoms with Crippen molar-refractivity contribution in [2.75, 3.05) is 18.4 Å². The molecule has 0 spiro atoms. The second kappa shape index (κ2) is 6.15. The highest BCUT2D eigenvalue weighted by atomic mass is 79.9. The van der Waals surface area contributed by atoms with E-state index >= 15 is 0 Å². The number of hydrogen-bond donors (Lipinski definition) is 2. The molecule has 90 valence electrons. The van der Waals surface area contributed by atoms with Crippen molar-refractivity contribution in [1.29, 1.82) is 5.26 Å². The number of benzene rings is 1. The molecule has 0 unspecified atom stereocenters. The molecule has 7 heteroatoms. The number of nitrogens with one attached hydrogen (secondary N) is 2. The molecule has 2 N–H and O–H groups in total. The van der Waals surface area contributed by atoms with E-state index in [0.29, 0.717) is 0 Å². The summed E-state index contributed by atoms with van der Waals surface area (Å²) in [5.41, 5.74) is -0.375. The van der Waals surface area contributed by atoms with Crippen LogP contribution < -0.4 is 10.6 Å². The molecule has 0 bridgehead atoms. The summed E-state index contributed by atoms with van der Waals surface area (Å²) in [6, 6.07) is 3.88. The van der Waals surface area contributed by atoms with Crippen LogP contribution in [-0.4, -0.2) is 19.0 Å². The SMILES string of the molecule is N#CCNC(=O)CNc1c(F)cc(Br)cc1F. The van der Waals surface area contributed by atoms with Crippen molar-refractivity contribution >= 4 is 27.5 Å². The molecule has 0 aromatic heterocycles. The standard InChI is InChI=1S/C10H8BrF2N3O/c11-6-3-7(12)10(8(13)4-6)16-5-9(17)15-2-1-14/h3-4,16H,2,5H2,(H,15,17). The first-order valence-corrected chi connectivity index (χ1v) is 5.36. The van der Waals surface area contributed by atoms with E-state index in [-0.39, 0.29) is 23.2 Å². The Bertz CT molecular complexity index is 450. The summed E-state index contributed by atoms with van der Waals surface area (Å²) in [6.45, 7) is -0.455. The van der Waals surface area contributed by atoms with Gasteiger partial charge in [-0.1, -0.05) is 15.9 Å². The van der Waals surface area contributed by atoms with Gasteiger partial charge < -0.3 is 10.6 Å². The van der Waals surface area contributed by atoms with Crippen molar-refractivity contribution in [2.45, 2.75) is 0 Å². The number of halogens is 3. The van der Waals surface area contributed by atoms with Gasteiger partial charge in [0, 0.05) is 4.47 Å². The van der Waals surface area contributed by atoms with Crippen LogP contribution in [0.4, 0.5) is 14.5 Å². The topological polar surface area (TPSA) is 64.9 Å². The van der Waals surface area contributed by atoms with Gasteiger partial charge >= 0.3 is 0 Å². The maximum absolute atomic E-state index is 13.3. The number of amides is 1. The molecule has 17 heavy (non-hydrogen) atoms. The van der Waals surface area contributed by atoms with Crippen molar-refractivity contribution in [3.8, 4) is 6.07 Å². The predicted octanol–water partition coefficient (Wildman–Crippen LogP) is 1.78. The van der Waals surface area contributed by atoms with Gasteiger partial charge in [0.2, 0.25) is 5.91 Å². The van der Waals surface area contributed by atoms with E-state index in [4.69, 9.17) is 5.26 Å². The van der Waals surface area contributed by atoms with Gasteiger partial charge in [-0.05, 0) is 12.1 Å². The molecule has 1 rings (SSSR count). The van der Waals surface area contributed by atoms with Crippen LogP contribution in [0.1, 0.15) is 0 Å². The van der Waals surface area contributed by atoms with Crippen LogP contribution in [0.5, 0.6) is 0 Å². The van der Waals surface area contributed by atoms with Crippen LogP contribution >= 0.6 is 15.9 Å². The van der Waals surface area contributed by atoms with E-state index in [2.05, 4.69) is 26.6 Å². The molecule has 4 nitrogen and oxygen atoms in total. The van der Waals surface area contributed by atoms with Crippen LogP contribution in [0.15, 0.2) is 16.6 Å². The van der Waals surface area contributed by atoms with Crippen molar-refractivity contribution in [3.63, 3.8) is 0 Å². The first-order valence-electron chi connectivity index (χ1n) is 4.56. The summed E-state index contributed by atoms with van der Waals surface area (Å²) in [5, 5.41) is 12.8. The molecule has 0 fully saturated rings. The fraction of sp³-hybridized carbons (Fsp3) is 0.200. The van der Waals surface area contributed by atoms with Crippen LogP contribution in [0, 0.1) is 23.0 Å². The van der Waals surface area contributed by atoms with Gasteiger partial charge in [0.05, 0.1) is 12.6 Å². The zero-order valence-corrected chi connectivity index (χ0v) is 10.1. The van der Waals surface area contributed by atoms with Crippen LogP contribution in [0.3, 0.4) is 0 Å². The maximum Gasteiger partial charge on any atom is 0.240 e. The summed E-state index contributed by atoms with van der Waals surface area (Å²) in [4.78, 5) is 11.1. The quantitative estimate of drug-likeness (QED) is 0.833. The Morgan fingerprint density at radius 1 is 1.41 bits per heavy atom. The lowest BCUT2D eigenvalue weighted by atomic mass is 10.3. The van der Waals surface area contributed by atoms with Crippen LogP contribution in [0.2, 0.25) is 0 Å². The highest BCUT2D eigenvalue weighted by Crippen LogP contribution is 2.23. The lowest BCUT2D eigenvalue weighted by molar-refractivity contribution is -0.119. The molecule has 0 saturated carbocycles. The molecular formula is C10H8BrF2N3O. The average Bonchev–Trinajstić information content (AvgIpc) is 2.24. The Balaban J connectivity index is 2.64. The molecule has 0 atom stereocenters. The molecule has 0 heterocycles. The van der Waals surface area contributed by atoms with Gasteiger partial charge in [0.1, 0.15) is 23.9 Å². The minimum Gasteiger partial charge on any atom is -0.371 e. The highest BCUT2D eigenvalue weighted by Gasteiger charge is 2.11. The number of nitriles is 1. The summed E-state index contributed by atoms with van der Waals surface area (Å²) in [7, 11) is 0. The van der Waals surface area contributed by atoms with Crippen molar-refractivity contribution in [3.05, 3.63) is 28.2 Å². The first-order chi connectivity index (χ1) is 8.04. The van der Waals surface area contributed by atoms with E-state index in [0.717, 1.165) is 12.1 Å². The number of anilines is 1. The zero-order valence-electron chi connectivity index (χ0n) is 8.56. The van der Waals surface area contributed by atoms with E-state index in [9.17, 15) is 13.6 Å². The summed E-state index contributed by atoms with van der Waals surface area (Å²) in [6.07, 6.45) is 0. The molecule has 0 radical (unpaired) electrons. The van der Waals surface area contributed by atoms with Gasteiger partial charge in [-0.25, -0.2) is 8.78 Å². The van der Waals surface area contributed by atoms with E-state index in [1.54, 1.807) is 6.07 Å². The van der Waals surface area contributed by atoms with Crippen molar-refractivity contribution in [2.24, 2.45) is 0 Å². The monoisotopic (exact) mass is 303 g/mol. The largest absolute Gasteiger partial charge is 0.371 e. The number of carbonyl (C=O) groups is 1. The van der Waals surface area contributed by atoms with E-state index in [1.165, 1.54) is 0 Å². The maximum atomic E-state index is 13.3. The molecule has 0 aliphatic rings. The van der Waals surface area contributed by atoms with Gasteiger partial charge in [-0.15, -0.1) is 0 Å². The van der Waals surface area contributed by atoms with Crippen LogP contribution in [-0.2, 0) is 4.79 Å². The smallest absolute Gasteiger partial charge is 0.240 e. The summed E-state index contributed by atoms with van der Waals surface area (Å²) < 4.78 is 26.9. The lowest BCUT2D eigenvalue weighted by Gasteiger charge is -2.08. The van der Waals surface area contributed by atoms with Gasteiger partial charge in [0.15, 0.2) is 0 Å². The molecule has 0 aliphatic heterocycles. The fourth-order valence-electron chi connectivity index (χ4n) is 1.08. The zero-order chi connectivity index (χ0) is 12.8. The minimum atomic E-state index is -0.801. The number of nitrogens with zero attached hydrogens (tertiary/aromatic N) is 1. The van der Waals surface area contributed by atoms with E-state index < -0.39 is 17.5 Å². The van der Waals surface area contributed by atoms with Gasteiger partial charge in [-0.3, -0.25) is 4.79 Å². The summed E-state index contributed by atoms with van der Waals surface area (Å²) >= 11 is 2.94. The molecular weight excluding hydrogens is 296 g/mol. The third-order valence-electron chi connectivity index (χ3n) is 1.80. The van der Waals surface area contributed by atoms with E-state index in [1.807, 2.05) is 0 Å². The number of hydrogen-bond acceptors (Lipinski definition) is 3. The number of rotatable bonds is 4. The second-order valence-corrected chi connectivity index (χ2v) is 3.95. The Morgan fingerprint density at radius 2 is 2.00 bits per heavy atom. The third kappa shape index (κ3) is 4.00. The molecule has 0 aliphatic carbocycles. The average molecular weight is 304 g/mol. The number of carbonyl (C=O) groups excluding carboxylic acids is 1. The second-order valence-electron chi connectivity index (χ2n) is 3.03. The molecule has 1 amide bonds. The Labute approximate surface area is 105 Å². The molecule has 1 aromatic rings. The van der Waals surface area contributed by atoms with Crippen molar-refractivity contribution in [1.82, 2.24) is 5.32 Å². The molecule has 1 aromatic carbocycles. The third-order valence-corrected chi connectivity index (χ3v) is 2.26. The lowest BCUT2D eigenvalue weighted by Crippen LogP contribution is -2.30. The summed E-state index contributed by atoms with van der Waals surface area (Å²) in [5.74, 6) is -2.12. The fourth-order valence-corrected chi connectivity index (χ4v) is 1.48. The Morgan fingerprint density at radius 3 is 2.53 bits per heavy atom. The Hall–Kier alpha value is -1.68. The van der Waals surface area contributed by atoms with Gasteiger partial charge in [0.25, 0.3) is 0 Å². The first kappa shape index (κ1) is 13.4. The van der Waals surface area contributed by atoms with Gasteiger partial charge in [-0.2, -0.15) is 5.26 Å². The minimum absolute atomic E-state index is 0.147.